The molecule has 12 aromatic rings. The number of rotatable bonds is 5. The molecular formula is C62H49N. The van der Waals surface area contributed by atoms with Crippen LogP contribution in [0.15, 0.2) is 188 Å². The molecule has 63 heavy (non-hydrogen) atoms. The minimum absolute atomic E-state index is 0.0532. The second kappa shape index (κ2) is 13.6. The minimum atomic E-state index is 0.0532. The summed E-state index contributed by atoms with van der Waals surface area (Å²) in [5.74, 6) is 0. The number of hydrogen-bond acceptors (Lipinski definition) is 1. The van der Waals surface area contributed by atoms with Crippen molar-refractivity contribution in [3.8, 4) is 22.3 Å². The molecule has 0 N–H and O–H groups in total. The lowest BCUT2D eigenvalue weighted by Crippen LogP contribution is -2.14. The van der Waals surface area contributed by atoms with Gasteiger partial charge in [0.25, 0.3) is 0 Å². The topological polar surface area (TPSA) is 3.24 Å². The number of benzene rings is 10. The molecule has 12 rings (SSSR count). The van der Waals surface area contributed by atoms with Gasteiger partial charge in [0.15, 0.2) is 0 Å². The van der Waals surface area contributed by atoms with E-state index in [1.165, 1.54) is 114 Å². The zero-order chi connectivity index (χ0) is 42.8. The second-order valence-corrected chi connectivity index (χ2v) is 19.6. The predicted octanol–water partition coefficient (Wildman–Crippen LogP) is 18.0. The smallest absolute Gasteiger partial charge is 0.0540 e. The first-order valence-electron chi connectivity index (χ1n) is 22.4. The fourth-order valence-electron chi connectivity index (χ4n) is 10.8. The molecular weight excluding hydrogens is 759 g/mol. The van der Waals surface area contributed by atoms with Crippen LogP contribution in [0.3, 0.4) is 0 Å². The molecule has 0 atom stereocenters. The molecule has 0 unspecified atom stereocenters. The average molecular weight is 808 g/mol. The molecule has 0 aromatic heterocycles. The maximum Gasteiger partial charge on any atom is 0.0540 e. The standard InChI is InChI=1S/C62H49N/c1-61(2,3)40-27-31-42(32-28-40)63(43-33-29-41(30-34-43)62(4,5)6)53-36-35-50-57-47(53)24-16-26-49(57)59-54(38-17-9-7-10-18-38)52-37-51-45-22-14-13-21-44(45)46-23-15-25-48(56(46)51)58(52)55(60(50)59)39-19-11-8-12-20-39/h7-37H,1-6H3. The van der Waals surface area contributed by atoms with Crippen LogP contribution in [0.4, 0.5) is 17.1 Å². The Bertz CT molecular complexity index is 3640. The zero-order valence-electron chi connectivity index (χ0n) is 36.8. The van der Waals surface area contributed by atoms with E-state index in [0.717, 1.165) is 11.4 Å². The van der Waals surface area contributed by atoms with Crippen LogP contribution in [0.25, 0.3) is 97.7 Å². The van der Waals surface area contributed by atoms with Crippen molar-refractivity contribution in [1.82, 2.24) is 0 Å². The molecule has 0 spiro atoms. The highest BCUT2D eigenvalue weighted by Gasteiger charge is 2.28. The van der Waals surface area contributed by atoms with E-state index < -0.39 is 0 Å². The van der Waals surface area contributed by atoms with Crippen molar-refractivity contribution in [3.05, 3.63) is 199 Å². The maximum atomic E-state index is 2.53. The van der Waals surface area contributed by atoms with Gasteiger partial charge in [-0.1, -0.05) is 193 Å². The van der Waals surface area contributed by atoms with Gasteiger partial charge in [-0.3, -0.25) is 0 Å². The number of anilines is 3. The molecule has 1 heteroatoms. The lowest BCUT2D eigenvalue weighted by atomic mass is 9.84. The summed E-state index contributed by atoms with van der Waals surface area (Å²) in [5, 5.41) is 18.3. The van der Waals surface area contributed by atoms with Crippen LogP contribution in [-0.4, -0.2) is 0 Å². The van der Waals surface area contributed by atoms with E-state index in [-0.39, 0.29) is 10.8 Å². The summed E-state index contributed by atoms with van der Waals surface area (Å²) in [7, 11) is 0. The summed E-state index contributed by atoms with van der Waals surface area (Å²) >= 11 is 0. The first kappa shape index (κ1) is 37.5. The molecule has 0 aliphatic rings. The number of hydrogen-bond donors (Lipinski definition) is 0. The van der Waals surface area contributed by atoms with Crippen LogP contribution in [0.5, 0.6) is 0 Å². The Labute approximate surface area is 369 Å². The van der Waals surface area contributed by atoms with E-state index in [9.17, 15) is 0 Å². The Balaban J connectivity index is 1.25. The van der Waals surface area contributed by atoms with Crippen molar-refractivity contribution in [2.24, 2.45) is 0 Å². The van der Waals surface area contributed by atoms with Gasteiger partial charge in [0.2, 0.25) is 0 Å². The van der Waals surface area contributed by atoms with E-state index >= 15 is 0 Å². The van der Waals surface area contributed by atoms with Gasteiger partial charge in [-0.05, 0) is 151 Å². The molecule has 0 heterocycles. The van der Waals surface area contributed by atoms with E-state index in [1.54, 1.807) is 0 Å². The van der Waals surface area contributed by atoms with Crippen molar-refractivity contribution in [2.75, 3.05) is 4.90 Å². The van der Waals surface area contributed by atoms with Gasteiger partial charge in [-0.15, -0.1) is 0 Å². The SMILES string of the molecule is CC(C)(C)c1ccc(N(c2ccc(C(C)(C)C)cc2)c2ccc3c4c(-c5ccccc5)c5c(cc6c7ccccc7c7cccc5c76)c(-c5ccccc5)c4c4cccc2c43)cc1. The number of fused-ring (bicyclic) bond motifs is 8. The van der Waals surface area contributed by atoms with Crippen molar-refractivity contribution >= 4 is 92.5 Å². The molecule has 302 valence electrons. The Morgan fingerprint density at radius 1 is 0.286 bits per heavy atom. The van der Waals surface area contributed by atoms with Gasteiger partial charge in [0.1, 0.15) is 0 Å². The fraction of sp³-hybridized carbons (Fsp3) is 0.129. The van der Waals surface area contributed by atoms with E-state index in [1.807, 2.05) is 0 Å². The predicted molar refractivity (Wildman–Crippen MR) is 274 cm³/mol. The van der Waals surface area contributed by atoms with Crippen LogP contribution in [0, 0.1) is 0 Å². The molecule has 0 amide bonds. The van der Waals surface area contributed by atoms with E-state index in [0.29, 0.717) is 0 Å². The van der Waals surface area contributed by atoms with Crippen molar-refractivity contribution in [3.63, 3.8) is 0 Å². The summed E-state index contributed by atoms with van der Waals surface area (Å²) in [4.78, 5) is 2.47. The lowest BCUT2D eigenvalue weighted by molar-refractivity contribution is 0.590. The normalized spacial score (nSPS) is 12.6. The molecule has 0 radical (unpaired) electrons. The van der Waals surface area contributed by atoms with Gasteiger partial charge in [0, 0.05) is 16.8 Å². The fourth-order valence-corrected chi connectivity index (χ4v) is 10.8. The maximum absolute atomic E-state index is 2.53. The molecule has 0 aliphatic heterocycles. The first-order valence-corrected chi connectivity index (χ1v) is 22.4. The largest absolute Gasteiger partial charge is 0.310 e. The number of nitrogens with zero attached hydrogens (tertiary/aromatic N) is 1. The van der Waals surface area contributed by atoms with Crippen LogP contribution >= 0.6 is 0 Å². The Hall–Kier alpha value is -7.22. The lowest BCUT2D eigenvalue weighted by Gasteiger charge is -2.29. The minimum Gasteiger partial charge on any atom is -0.310 e. The Kier molecular flexibility index (Phi) is 8.13. The van der Waals surface area contributed by atoms with Crippen LogP contribution in [0.1, 0.15) is 52.7 Å². The van der Waals surface area contributed by atoms with Crippen LogP contribution < -0.4 is 4.90 Å². The third-order valence-electron chi connectivity index (χ3n) is 13.8. The monoisotopic (exact) mass is 807 g/mol. The van der Waals surface area contributed by atoms with E-state index in [4.69, 9.17) is 0 Å². The molecule has 12 aromatic carbocycles. The highest BCUT2D eigenvalue weighted by atomic mass is 15.1. The molecule has 0 saturated carbocycles. The van der Waals surface area contributed by atoms with Gasteiger partial charge < -0.3 is 4.90 Å². The highest BCUT2D eigenvalue weighted by molar-refractivity contribution is 6.45. The molecule has 0 bridgehead atoms. The second-order valence-electron chi connectivity index (χ2n) is 19.6. The van der Waals surface area contributed by atoms with E-state index in [2.05, 4.69) is 234 Å². The summed E-state index contributed by atoms with van der Waals surface area (Å²) in [6.45, 7) is 13.7. The van der Waals surface area contributed by atoms with Crippen LogP contribution in [0.2, 0.25) is 0 Å². The zero-order valence-corrected chi connectivity index (χ0v) is 36.8. The van der Waals surface area contributed by atoms with Crippen LogP contribution in [-0.2, 0) is 10.8 Å². The summed E-state index contributed by atoms with van der Waals surface area (Å²) in [6.07, 6.45) is 0. The third kappa shape index (κ3) is 5.62. The Morgan fingerprint density at radius 3 is 1.29 bits per heavy atom. The van der Waals surface area contributed by atoms with Gasteiger partial charge in [0.05, 0.1) is 5.69 Å². The van der Waals surface area contributed by atoms with Crippen molar-refractivity contribution in [1.29, 1.82) is 0 Å². The molecule has 0 fully saturated rings. The van der Waals surface area contributed by atoms with Gasteiger partial charge in [-0.2, -0.15) is 0 Å². The molecule has 0 aliphatic carbocycles. The molecule has 1 nitrogen and oxygen atoms in total. The van der Waals surface area contributed by atoms with Crippen molar-refractivity contribution < 1.29 is 0 Å². The summed E-state index contributed by atoms with van der Waals surface area (Å²) < 4.78 is 0. The highest BCUT2D eigenvalue weighted by Crippen LogP contribution is 2.56. The third-order valence-corrected chi connectivity index (χ3v) is 13.8. The average Bonchev–Trinajstić information content (AvgIpc) is 3.81. The Morgan fingerprint density at radius 2 is 0.714 bits per heavy atom. The first-order chi connectivity index (χ1) is 30.6. The summed E-state index contributed by atoms with van der Waals surface area (Å²) in [6, 6.07) is 71.1. The van der Waals surface area contributed by atoms with Gasteiger partial charge >= 0.3 is 0 Å². The van der Waals surface area contributed by atoms with Gasteiger partial charge in [-0.25, -0.2) is 0 Å². The van der Waals surface area contributed by atoms with Crippen molar-refractivity contribution in [2.45, 2.75) is 52.4 Å². The quantitative estimate of drug-likeness (QED) is 0.157. The summed E-state index contributed by atoms with van der Waals surface area (Å²) in [5.41, 5.74) is 11.3. The molecule has 0 saturated heterocycles.